The first kappa shape index (κ1) is 16.0. The first-order valence-electron chi connectivity index (χ1n) is 7.47. The summed E-state index contributed by atoms with van der Waals surface area (Å²) in [6.07, 6.45) is 2.12. The summed E-state index contributed by atoms with van der Waals surface area (Å²) in [6, 6.07) is 6.11. The normalized spacial score (nSPS) is 18.1. The van der Waals surface area contributed by atoms with Crippen LogP contribution in [-0.2, 0) is 10.2 Å². The Balaban J connectivity index is 2.13. The van der Waals surface area contributed by atoms with Gasteiger partial charge in [0, 0.05) is 12.6 Å². The summed E-state index contributed by atoms with van der Waals surface area (Å²) >= 11 is 0. The molecule has 1 aromatic rings. The summed E-state index contributed by atoms with van der Waals surface area (Å²) in [4.78, 5) is 12.7. The van der Waals surface area contributed by atoms with Crippen molar-refractivity contribution in [1.29, 1.82) is 0 Å². The molecule has 0 radical (unpaired) electrons. The zero-order valence-corrected chi connectivity index (χ0v) is 12.9. The quantitative estimate of drug-likeness (QED) is 0.877. The van der Waals surface area contributed by atoms with Gasteiger partial charge in [0.05, 0.1) is 5.41 Å². The van der Waals surface area contributed by atoms with Crippen LogP contribution in [0.15, 0.2) is 24.3 Å². The fraction of sp³-hybridized carbons (Fsp3) is 0.588. The molecule has 0 bridgehead atoms. The van der Waals surface area contributed by atoms with Crippen LogP contribution in [0.4, 0.5) is 4.39 Å². The average Bonchev–Trinajstić information content (AvgIpc) is 3.19. The van der Waals surface area contributed by atoms with Crippen molar-refractivity contribution in [3.8, 4) is 0 Å². The third kappa shape index (κ3) is 3.43. The van der Waals surface area contributed by atoms with E-state index in [0.717, 1.165) is 18.4 Å². The Morgan fingerprint density at radius 3 is 2.33 bits per heavy atom. The largest absolute Gasteiger partial charge is 0.396 e. The van der Waals surface area contributed by atoms with Gasteiger partial charge < -0.3 is 10.4 Å². The second-order valence-electron chi connectivity index (χ2n) is 6.99. The first-order valence-corrected chi connectivity index (χ1v) is 7.47. The van der Waals surface area contributed by atoms with Gasteiger partial charge >= 0.3 is 0 Å². The van der Waals surface area contributed by atoms with E-state index in [9.17, 15) is 14.3 Å². The summed E-state index contributed by atoms with van der Waals surface area (Å²) < 4.78 is 13.0. The molecule has 1 aromatic carbocycles. The molecule has 1 fully saturated rings. The molecule has 1 aliphatic carbocycles. The van der Waals surface area contributed by atoms with E-state index in [2.05, 4.69) is 5.32 Å². The second kappa shape index (κ2) is 5.76. The summed E-state index contributed by atoms with van der Waals surface area (Å²) in [5.41, 5.74) is 0.252. The van der Waals surface area contributed by atoms with E-state index >= 15 is 0 Å². The Morgan fingerprint density at radius 2 is 1.90 bits per heavy atom. The lowest BCUT2D eigenvalue weighted by molar-refractivity contribution is -0.125. The Bertz CT molecular complexity index is 501. The molecule has 0 aliphatic heterocycles. The van der Waals surface area contributed by atoms with Crippen LogP contribution in [0.5, 0.6) is 0 Å². The van der Waals surface area contributed by atoms with Gasteiger partial charge in [-0.15, -0.1) is 0 Å². The van der Waals surface area contributed by atoms with Crippen LogP contribution in [0.25, 0.3) is 0 Å². The number of rotatable bonds is 5. The van der Waals surface area contributed by atoms with E-state index in [0.29, 0.717) is 6.42 Å². The topological polar surface area (TPSA) is 49.3 Å². The molecule has 2 N–H and O–H groups in total. The number of aliphatic hydroxyl groups is 1. The predicted octanol–water partition coefficient (Wildman–Crippen LogP) is 2.77. The molecule has 3 nitrogen and oxygen atoms in total. The zero-order valence-electron chi connectivity index (χ0n) is 12.9. The number of aliphatic hydroxyl groups excluding tert-OH is 1. The fourth-order valence-electron chi connectivity index (χ4n) is 2.69. The van der Waals surface area contributed by atoms with Crippen molar-refractivity contribution in [3.05, 3.63) is 35.6 Å². The summed E-state index contributed by atoms with van der Waals surface area (Å²) in [7, 11) is 0. The highest BCUT2D eigenvalue weighted by Gasteiger charge is 2.52. The zero-order chi connectivity index (χ0) is 15.7. The van der Waals surface area contributed by atoms with E-state index in [-0.39, 0.29) is 29.8 Å². The van der Waals surface area contributed by atoms with Crippen molar-refractivity contribution in [3.63, 3.8) is 0 Å². The fourth-order valence-corrected chi connectivity index (χ4v) is 2.69. The number of halogens is 1. The summed E-state index contributed by atoms with van der Waals surface area (Å²) in [5.74, 6) is -0.301. The number of hydrogen-bond acceptors (Lipinski definition) is 2. The molecule has 1 unspecified atom stereocenters. The van der Waals surface area contributed by atoms with Crippen LogP contribution in [0.2, 0.25) is 0 Å². The molecule has 1 saturated carbocycles. The summed E-state index contributed by atoms with van der Waals surface area (Å²) in [6.45, 7) is 6.19. The highest BCUT2D eigenvalue weighted by atomic mass is 19.1. The van der Waals surface area contributed by atoms with Crippen LogP contribution in [0, 0.1) is 11.2 Å². The molecule has 116 valence electrons. The van der Waals surface area contributed by atoms with Gasteiger partial charge in [-0.25, -0.2) is 4.39 Å². The van der Waals surface area contributed by atoms with Crippen LogP contribution >= 0.6 is 0 Å². The molecule has 0 heterocycles. The van der Waals surface area contributed by atoms with Gasteiger partial charge in [0.2, 0.25) is 5.91 Å². The highest BCUT2D eigenvalue weighted by Crippen LogP contribution is 2.48. The van der Waals surface area contributed by atoms with Gasteiger partial charge in [-0.2, -0.15) is 0 Å². The Kier molecular flexibility index (Phi) is 4.38. The maximum atomic E-state index is 13.0. The van der Waals surface area contributed by atoms with Crippen molar-refractivity contribution >= 4 is 5.91 Å². The third-order valence-corrected chi connectivity index (χ3v) is 4.35. The van der Waals surface area contributed by atoms with E-state index in [1.54, 1.807) is 12.1 Å². The molecular weight excluding hydrogens is 269 g/mol. The summed E-state index contributed by atoms with van der Waals surface area (Å²) in [5, 5.41) is 12.3. The SMILES string of the molecule is CC(C)(C)C(CCO)NC(=O)C1(c2ccc(F)cc2)CC1. The minimum Gasteiger partial charge on any atom is -0.396 e. The molecule has 2 rings (SSSR count). The highest BCUT2D eigenvalue weighted by molar-refractivity contribution is 5.91. The molecule has 1 atom stereocenters. The minimum absolute atomic E-state index is 0.0116. The lowest BCUT2D eigenvalue weighted by Crippen LogP contribution is -2.48. The smallest absolute Gasteiger partial charge is 0.230 e. The molecule has 0 spiro atoms. The molecule has 0 aromatic heterocycles. The molecule has 0 saturated heterocycles. The van der Waals surface area contributed by atoms with Crippen LogP contribution in [-0.4, -0.2) is 23.7 Å². The third-order valence-electron chi connectivity index (χ3n) is 4.35. The molecule has 1 aliphatic rings. The average molecular weight is 293 g/mol. The number of hydrogen-bond donors (Lipinski definition) is 2. The second-order valence-corrected chi connectivity index (χ2v) is 6.99. The lowest BCUT2D eigenvalue weighted by atomic mass is 9.84. The number of benzene rings is 1. The number of nitrogens with one attached hydrogen (secondary N) is 1. The monoisotopic (exact) mass is 293 g/mol. The molecule has 4 heteroatoms. The van der Waals surface area contributed by atoms with Gasteiger partial charge in [0.25, 0.3) is 0 Å². The standard InChI is InChI=1S/C17H24FNO2/c1-16(2,3)14(8-11-20)19-15(21)17(9-10-17)12-4-6-13(18)7-5-12/h4-7,14,20H,8-11H2,1-3H3,(H,19,21). The van der Waals surface area contributed by atoms with Crippen molar-refractivity contribution in [2.45, 2.75) is 51.5 Å². The Hall–Kier alpha value is -1.42. The van der Waals surface area contributed by atoms with E-state index in [1.165, 1.54) is 12.1 Å². The molecular formula is C17H24FNO2. The van der Waals surface area contributed by atoms with Crippen LogP contribution < -0.4 is 5.32 Å². The maximum absolute atomic E-state index is 13.0. The van der Waals surface area contributed by atoms with Crippen molar-refractivity contribution in [2.24, 2.45) is 5.41 Å². The van der Waals surface area contributed by atoms with Gasteiger partial charge in [0.1, 0.15) is 5.82 Å². The van der Waals surface area contributed by atoms with E-state index in [1.807, 2.05) is 20.8 Å². The first-order chi connectivity index (χ1) is 9.79. The Labute approximate surface area is 125 Å². The minimum atomic E-state index is -0.507. The van der Waals surface area contributed by atoms with Gasteiger partial charge in [-0.05, 0) is 42.4 Å². The maximum Gasteiger partial charge on any atom is 0.230 e. The molecule has 1 amide bonds. The van der Waals surface area contributed by atoms with Crippen molar-refractivity contribution in [2.75, 3.05) is 6.61 Å². The van der Waals surface area contributed by atoms with Crippen LogP contribution in [0.3, 0.4) is 0 Å². The Morgan fingerprint density at radius 1 is 1.33 bits per heavy atom. The number of carbonyl (C=O) groups is 1. The van der Waals surface area contributed by atoms with Crippen molar-refractivity contribution in [1.82, 2.24) is 5.32 Å². The van der Waals surface area contributed by atoms with Crippen LogP contribution in [0.1, 0.15) is 45.6 Å². The number of amides is 1. The number of carbonyl (C=O) groups excluding carboxylic acids is 1. The lowest BCUT2D eigenvalue weighted by Gasteiger charge is -2.32. The van der Waals surface area contributed by atoms with Gasteiger partial charge in [0.15, 0.2) is 0 Å². The van der Waals surface area contributed by atoms with Gasteiger partial charge in [-0.1, -0.05) is 32.9 Å². The molecule has 21 heavy (non-hydrogen) atoms. The van der Waals surface area contributed by atoms with Crippen molar-refractivity contribution < 1.29 is 14.3 Å². The van der Waals surface area contributed by atoms with E-state index in [4.69, 9.17) is 0 Å². The predicted molar refractivity (Wildman–Crippen MR) is 80.4 cm³/mol. The van der Waals surface area contributed by atoms with E-state index < -0.39 is 5.41 Å². The van der Waals surface area contributed by atoms with Gasteiger partial charge in [-0.3, -0.25) is 4.79 Å².